The van der Waals surface area contributed by atoms with Gasteiger partial charge in [-0.15, -0.1) is 0 Å². The molecule has 0 aliphatic carbocycles. The van der Waals surface area contributed by atoms with Gasteiger partial charge in [0.15, 0.2) is 18.4 Å². The highest BCUT2D eigenvalue weighted by Gasteiger charge is 2.60. The Morgan fingerprint density at radius 2 is 1.06 bits per heavy atom. The number of nitrogens with one attached hydrogen (secondary N) is 1. The molecule has 0 amide bonds. The maximum absolute atomic E-state index is 10.1. The summed E-state index contributed by atoms with van der Waals surface area (Å²) >= 11 is 18.7. The van der Waals surface area contributed by atoms with Crippen molar-refractivity contribution in [2.45, 2.75) is 149 Å². The Labute approximate surface area is 463 Å². The molecule has 0 radical (unpaired) electrons. The monoisotopic (exact) mass is 1120 g/mol. The van der Waals surface area contributed by atoms with Gasteiger partial charge in [0.25, 0.3) is 3.79 Å². The van der Waals surface area contributed by atoms with Gasteiger partial charge in [-0.25, -0.2) is 0 Å². The van der Waals surface area contributed by atoms with E-state index in [9.17, 15) is 5.53 Å². The van der Waals surface area contributed by atoms with Crippen molar-refractivity contribution in [3.8, 4) is 0 Å². The third kappa shape index (κ3) is 15.3. The van der Waals surface area contributed by atoms with Crippen LogP contribution in [0.15, 0.2) is 157 Å². The summed E-state index contributed by atoms with van der Waals surface area (Å²) in [5.74, 6) is -1.95. The van der Waals surface area contributed by atoms with Crippen molar-refractivity contribution >= 4 is 40.7 Å². The first-order chi connectivity index (χ1) is 37.3. The van der Waals surface area contributed by atoms with Crippen LogP contribution in [-0.2, 0) is 94.6 Å². The van der Waals surface area contributed by atoms with Crippen LogP contribution in [0.1, 0.15) is 48.6 Å². The number of hydrogen-bond acceptors (Lipinski definition) is 15. The van der Waals surface area contributed by atoms with Crippen LogP contribution < -0.4 is 0 Å². The lowest BCUT2D eigenvalue weighted by atomic mass is 9.95. The lowest BCUT2D eigenvalue weighted by Crippen LogP contribution is -2.65. The topological polar surface area (TPSA) is 193 Å². The Kier molecular flexibility index (Phi) is 19.9. The standard InChI is InChI=1S/C57H63Cl3N4O13/c1-36-45(73-52-49(69-33-41-27-17-8-18-28-41)46(67-31-39-23-13-6-14-24-39)43(35-70-52)66-30-38-21-11-5-12-22-38)48-51(77-56(2,3)76-48)54(71-36)74-50-47(68-32-40-25-15-7-16-26-40)44(63-64-62)42(34-65-29-37-19-9-4-10-20-37)72-53(50)75-55(61)57(58,59)60/h4-28,36,42-54,61H,29-35H2,1-3H3/t36-,42-,43-,44+,45+,46?,47?,48?,49?,50?,51?,52+,53-,54+/m1/s1. The van der Waals surface area contributed by atoms with Crippen LogP contribution in [0, 0.1) is 5.41 Å². The largest absolute Gasteiger partial charge is 0.445 e. The molecule has 20 heteroatoms. The average molecular weight is 1120 g/mol. The molecule has 4 aliphatic heterocycles. The van der Waals surface area contributed by atoms with Crippen molar-refractivity contribution in [2.24, 2.45) is 5.11 Å². The zero-order chi connectivity index (χ0) is 53.8. The van der Waals surface area contributed by atoms with Crippen LogP contribution in [0.3, 0.4) is 0 Å². The van der Waals surface area contributed by atoms with Gasteiger partial charge in [0.05, 0.1) is 64.5 Å². The number of fused-ring (bicyclic) bond motifs is 1. The summed E-state index contributed by atoms with van der Waals surface area (Å²) in [6.07, 6.45) is -12.9. The molecule has 4 heterocycles. The first-order valence-corrected chi connectivity index (χ1v) is 26.6. The molecular formula is C57H63Cl3N4O13. The molecule has 0 saturated carbocycles. The van der Waals surface area contributed by atoms with Gasteiger partial charge in [0.1, 0.15) is 48.8 Å². The van der Waals surface area contributed by atoms with Gasteiger partial charge in [0, 0.05) is 4.91 Å². The quantitative estimate of drug-likeness (QED) is 0.0172. The van der Waals surface area contributed by atoms with E-state index in [0.29, 0.717) is 6.61 Å². The second kappa shape index (κ2) is 27.0. The summed E-state index contributed by atoms with van der Waals surface area (Å²) < 4.78 is 84.1. The number of hydrogen-bond donors (Lipinski definition) is 1. The molecule has 5 aromatic carbocycles. The Morgan fingerprint density at radius 1 is 0.597 bits per heavy atom. The summed E-state index contributed by atoms with van der Waals surface area (Å²) in [6.45, 7) is 6.41. The van der Waals surface area contributed by atoms with E-state index in [1.807, 2.05) is 159 Å². The van der Waals surface area contributed by atoms with E-state index in [-0.39, 0.29) is 39.6 Å². The number of rotatable bonds is 22. The SMILES string of the molecule is C[C@H]1O[C@@H](OC2C(OCc3ccccc3)[C@@H](N=[N+]=[N-])[C@@H](COCc3ccccc3)O[C@@H]2OC(=N)C(Cl)(Cl)Cl)C2OC(C)(C)OC2[C@H]1O[C@@H]1OC[C@@H](OCc2ccccc2)C(OCc2ccccc2)C1OCc1ccccc1. The van der Waals surface area contributed by atoms with Crippen molar-refractivity contribution < 1.29 is 61.6 Å². The Balaban J connectivity index is 1.01. The second-order valence-corrected chi connectivity index (χ2v) is 21.8. The minimum atomic E-state index is -2.31. The predicted octanol–water partition coefficient (Wildman–Crippen LogP) is 10.7. The molecule has 0 aromatic heterocycles. The fraction of sp³-hybridized carbons (Fsp3) is 0.456. The number of azide groups is 1. The van der Waals surface area contributed by atoms with E-state index < -0.39 is 101 Å². The zero-order valence-corrected chi connectivity index (χ0v) is 45.0. The minimum Gasteiger partial charge on any atom is -0.445 e. The van der Waals surface area contributed by atoms with Crippen LogP contribution in [0.5, 0.6) is 0 Å². The molecule has 410 valence electrons. The van der Waals surface area contributed by atoms with Gasteiger partial charge in [-0.2, -0.15) is 0 Å². The zero-order valence-electron chi connectivity index (χ0n) is 42.7. The van der Waals surface area contributed by atoms with E-state index in [1.54, 1.807) is 13.8 Å². The van der Waals surface area contributed by atoms with Crippen molar-refractivity contribution in [1.82, 2.24) is 0 Å². The summed E-state index contributed by atoms with van der Waals surface area (Å²) in [5.41, 5.74) is 14.7. The van der Waals surface area contributed by atoms with Gasteiger partial charge in [-0.1, -0.05) is 192 Å². The maximum Gasteiger partial charge on any atom is 0.265 e. The molecule has 4 aliphatic rings. The molecule has 9 rings (SSSR count). The first kappa shape index (κ1) is 57.0. The van der Waals surface area contributed by atoms with E-state index >= 15 is 0 Å². The van der Waals surface area contributed by atoms with E-state index in [0.717, 1.165) is 27.8 Å². The van der Waals surface area contributed by atoms with Gasteiger partial charge < -0.3 is 61.6 Å². The third-order valence-corrected chi connectivity index (χ3v) is 13.9. The lowest BCUT2D eigenvalue weighted by Gasteiger charge is -2.48. The van der Waals surface area contributed by atoms with E-state index in [1.165, 1.54) is 0 Å². The fourth-order valence-electron chi connectivity index (χ4n) is 9.69. The van der Waals surface area contributed by atoms with Crippen molar-refractivity contribution in [3.05, 3.63) is 190 Å². The van der Waals surface area contributed by atoms with Crippen LogP contribution >= 0.6 is 34.8 Å². The fourth-order valence-corrected chi connectivity index (χ4v) is 9.82. The number of ether oxygens (including phenoxy) is 13. The van der Waals surface area contributed by atoms with E-state index in [4.69, 9.17) is 102 Å². The smallest absolute Gasteiger partial charge is 0.265 e. The molecule has 4 saturated heterocycles. The second-order valence-electron chi connectivity index (χ2n) is 19.5. The number of alkyl halides is 3. The molecule has 0 bridgehead atoms. The molecule has 4 fully saturated rings. The molecule has 14 atom stereocenters. The molecule has 77 heavy (non-hydrogen) atoms. The van der Waals surface area contributed by atoms with Gasteiger partial charge in [-0.3, -0.25) is 5.41 Å². The molecule has 1 N–H and O–H groups in total. The first-order valence-electron chi connectivity index (χ1n) is 25.5. The number of nitrogens with zero attached hydrogens (tertiary/aromatic N) is 3. The highest BCUT2D eigenvalue weighted by atomic mass is 35.6. The Morgan fingerprint density at radius 3 is 1.58 bits per heavy atom. The van der Waals surface area contributed by atoms with Crippen LogP contribution in [0.4, 0.5) is 0 Å². The average Bonchev–Trinajstić information content (AvgIpc) is 3.84. The van der Waals surface area contributed by atoms with Crippen LogP contribution in [0.25, 0.3) is 10.4 Å². The summed E-state index contributed by atoms with van der Waals surface area (Å²) in [4.78, 5) is 3.21. The molecule has 17 nitrogen and oxygen atoms in total. The molecule has 6 unspecified atom stereocenters. The van der Waals surface area contributed by atoms with Crippen molar-refractivity contribution in [2.75, 3.05) is 13.2 Å². The van der Waals surface area contributed by atoms with Crippen molar-refractivity contribution in [3.63, 3.8) is 0 Å². The summed E-state index contributed by atoms with van der Waals surface area (Å²) in [5, 5.41) is 12.9. The lowest BCUT2D eigenvalue weighted by molar-refractivity contribution is -0.363. The van der Waals surface area contributed by atoms with Gasteiger partial charge >= 0.3 is 0 Å². The van der Waals surface area contributed by atoms with Gasteiger partial charge in [0.2, 0.25) is 12.2 Å². The third-order valence-electron chi connectivity index (χ3n) is 13.4. The summed E-state index contributed by atoms with van der Waals surface area (Å²) in [7, 11) is 0. The molecule has 0 spiro atoms. The summed E-state index contributed by atoms with van der Waals surface area (Å²) in [6, 6.07) is 47.4. The predicted molar refractivity (Wildman–Crippen MR) is 285 cm³/mol. The number of benzene rings is 5. The maximum atomic E-state index is 10.1. The highest BCUT2D eigenvalue weighted by molar-refractivity contribution is 6.76. The van der Waals surface area contributed by atoms with Crippen LogP contribution in [0.2, 0.25) is 0 Å². The molecular weight excluding hydrogens is 1060 g/mol. The normalized spacial score (nSPS) is 29.9. The Bertz CT molecular complexity index is 2650. The van der Waals surface area contributed by atoms with Crippen LogP contribution in [-0.4, -0.2) is 115 Å². The number of halogens is 3. The van der Waals surface area contributed by atoms with Gasteiger partial charge in [-0.05, 0) is 54.1 Å². The Hall–Kier alpha value is -4.73. The highest BCUT2D eigenvalue weighted by Crippen LogP contribution is 2.43. The molecule has 5 aromatic rings. The van der Waals surface area contributed by atoms with Crippen molar-refractivity contribution in [1.29, 1.82) is 5.41 Å². The minimum absolute atomic E-state index is 0.0364. The van der Waals surface area contributed by atoms with E-state index in [2.05, 4.69) is 10.0 Å².